The molecule has 2 atom stereocenters. The molecule has 7 nitrogen and oxygen atoms in total. The monoisotopic (exact) mass is 719 g/mol. The van der Waals surface area contributed by atoms with Crippen molar-refractivity contribution in [2.75, 3.05) is 10.8 Å². The van der Waals surface area contributed by atoms with E-state index in [0.717, 1.165) is 9.87 Å². The Hall–Kier alpha value is -3.27. The van der Waals surface area contributed by atoms with Crippen LogP contribution in [0.1, 0.15) is 31.4 Å². The summed E-state index contributed by atoms with van der Waals surface area (Å²) in [5.74, 6) is -1.05. The summed E-state index contributed by atoms with van der Waals surface area (Å²) in [5, 5.41) is 4.01. The van der Waals surface area contributed by atoms with Gasteiger partial charge in [0.15, 0.2) is 0 Å². The Morgan fingerprint density at radius 2 is 1.39 bits per heavy atom. The summed E-state index contributed by atoms with van der Waals surface area (Å²) in [6.45, 7) is 3.03. The van der Waals surface area contributed by atoms with Crippen LogP contribution >= 0.6 is 46.4 Å². The summed E-state index contributed by atoms with van der Waals surface area (Å²) in [6, 6.07) is 25.0. The summed E-state index contributed by atoms with van der Waals surface area (Å²) in [5.41, 5.74) is 1.38. The van der Waals surface area contributed by atoms with Crippen LogP contribution in [0.4, 0.5) is 5.69 Å². The fourth-order valence-electron chi connectivity index (χ4n) is 4.75. The highest BCUT2D eigenvalue weighted by molar-refractivity contribution is 7.92. The van der Waals surface area contributed by atoms with E-state index in [-0.39, 0.29) is 34.6 Å². The van der Waals surface area contributed by atoms with Crippen LogP contribution in [-0.2, 0) is 32.6 Å². The largest absolute Gasteiger partial charge is 0.352 e. The molecule has 0 aromatic heterocycles. The molecule has 0 saturated carbocycles. The molecule has 0 radical (unpaired) electrons. The third-order valence-corrected chi connectivity index (χ3v) is 10.3. The molecule has 1 N–H and O–H groups in total. The molecule has 12 heteroatoms. The van der Waals surface area contributed by atoms with Crippen LogP contribution in [0.25, 0.3) is 0 Å². The minimum Gasteiger partial charge on any atom is -0.352 e. The first-order chi connectivity index (χ1) is 21.9. The lowest BCUT2D eigenvalue weighted by Gasteiger charge is -2.34. The predicted molar refractivity (Wildman–Crippen MR) is 186 cm³/mol. The molecule has 2 amide bonds. The quantitative estimate of drug-likeness (QED) is 0.152. The van der Waals surface area contributed by atoms with Gasteiger partial charge < -0.3 is 10.2 Å². The van der Waals surface area contributed by atoms with Crippen molar-refractivity contribution in [2.24, 2.45) is 0 Å². The highest BCUT2D eigenvalue weighted by Gasteiger charge is 2.35. The van der Waals surface area contributed by atoms with Gasteiger partial charge in [-0.1, -0.05) is 108 Å². The number of hydrogen-bond donors (Lipinski definition) is 1. The van der Waals surface area contributed by atoms with E-state index in [1.165, 1.54) is 35.2 Å². The number of hydrogen-bond acceptors (Lipinski definition) is 4. The molecule has 0 heterocycles. The molecule has 0 aliphatic rings. The van der Waals surface area contributed by atoms with Crippen LogP contribution in [0, 0.1) is 0 Å². The number of rotatable bonds is 13. The molecule has 0 unspecified atom stereocenters. The lowest BCUT2D eigenvalue weighted by atomic mass is 10.0. The minimum absolute atomic E-state index is 0.0300. The van der Waals surface area contributed by atoms with Gasteiger partial charge in [-0.15, -0.1) is 0 Å². The van der Waals surface area contributed by atoms with Gasteiger partial charge in [0.05, 0.1) is 15.6 Å². The first-order valence-corrected chi connectivity index (χ1v) is 17.5. The minimum atomic E-state index is -4.32. The number of nitrogens with one attached hydrogen (secondary N) is 1. The zero-order valence-corrected chi connectivity index (χ0v) is 29.0. The van der Waals surface area contributed by atoms with Crippen molar-refractivity contribution in [3.05, 3.63) is 128 Å². The molecule has 4 rings (SSSR count). The van der Waals surface area contributed by atoms with E-state index in [2.05, 4.69) is 5.32 Å². The third-order valence-electron chi connectivity index (χ3n) is 7.42. The van der Waals surface area contributed by atoms with E-state index >= 15 is 0 Å². The topological polar surface area (TPSA) is 86.8 Å². The molecule has 0 saturated heterocycles. The fraction of sp³-hybridized carbons (Fsp3) is 0.235. The zero-order valence-electron chi connectivity index (χ0n) is 25.2. The Labute approximate surface area is 290 Å². The summed E-state index contributed by atoms with van der Waals surface area (Å²) < 4.78 is 29.1. The number of benzene rings is 4. The number of amides is 2. The highest BCUT2D eigenvalue weighted by Crippen LogP contribution is 2.33. The SMILES string of the molecule is CC[C@H](C)NC(=O)[C@@H](Cc1ccccc1)N(Cc1ccc(Cl)cc1Cl)C(=O)CN(c1ccc(Cl)cc1Cl)S(=O)(=O)c1ccccc1. The van der Waals surface area contributed by atoms with Crippen molar-refractivity contribution in [3.8, 4) is 0 Å². The maximum Gasteiger partial charge on any atom is 0.264 e. The Bertz CT molecular complexity index is 1780. The second kappa shape index (κ2) is 16.0. The van der Waals surface area contributed by atoms with Gasteiger partial charge in [0.2, 0.25) is 11.8 Å². The van der Waals surface area contributed by atoms with Crippen molar-refractivity contribution in [1.29, 1.82) is 0 Å². The van der Waals surface area contributed by atoms with E-state index in [0.29, 0.717) is 27.1 Å². The number of halogens is 4. The van der Waals surface area contributed by atoms with Crippen LogP contribution in [0.5, 0.6) is 0 Å². The highest BCUT2D eigenvalue weighted by atomic mass is 35.5. The van der Waals surface area contributed by atoms with Crippen LogP contribution in [0.3, 0.4) is 0 Å². The van der Waals surface area contributed by atoms with Gasteiger partial charge in [0, 0.05) is 34.1 Å². The second-order valence-corrected chi connectivity index (χ2v) is 14.3. The molecule has 4 aromatic carbocycles. The normalized spacial score (nSPS) is 12.7. The molecule has 0 fully saturated rings. The maximum absolute atomic E-state index is 14.6. The van der Waals surface area contributed by atoms with Crippen molar-refractivity contribution in [1.82, 2.24) is 10.2 Å². The smallest absolute Gasteiger partial charge is 0.264 e. The maximum atomic E-state index is 14.6. The van der Waals surface area contributed by atoms with Gasteiger partial charge >= 0.3 is 0 Å². The van der Waals surface area contributed by atoms with Crippen molar-refractivity contribution >= 4 is 73.9 Å². The van der Waals surface area contributed by atoms with Gasteiger partial charge in [-0.05, 0) is 66.9 Å². The van der Waals surface area contributed by atoms with E-state index < -0.39 is 34.4 Å². The number of carbonyl (C=O) groups excluding carboxylic acids is 2. The van der Waals surface area contributed by atoms with Crippen LogP contribution in [0.2, 0.25) is 20.1 Å². The van der Waals surface area contributed by atoms with Crippen LogP contribution < -0.4 is 9.62 Å². The summed E-state index contributed by atoms with van der Waals surface area (Å²) in [4.78, 5) is 29.8. The number of anilines is 1. The van der Waals surface area contributed by atoms with E-state index in [9.17, 15) is 18.0 Å². The van der Waals surface area contributed by atoms with Gasteiger partial charge in [0.1, 0.15) is 12.6 Å². The van der Waals surface area contributed by atoms with Gasteiger partial charge in [-0.25, -0.2) is 8.42 Å². The molecule has 46 heavy (non-hydrogen) atoms. The number of nitrogens with zero attached hydrogens (tertiary/aromatic N) is 2. The molecule has 0 aliphatic heterocycles. The molecular weight excluding hydrogens is 688 g/mol. The van der Waals surface area contributed by atoms with Crippen molar-refractivity contribution in [2.45, 2.75) is 50.2 Å². The number of sulfonamides is 1. The van der Waals surface area contributed by atoms with E-state index in [4.69, 9.17) is 46.4 Å². The lowest BCUT2D eigenvalue weighted by Crippen LogP contribution is -2.54. The second-order valence-electron chi connectivity index (χ2n) is 10.7. The molecule has 0 aliphatic carbocycles. The molecule has 0 spiro atoms. The zero-order chi connectivity index (χ0) is 33.4. The number of carbonyl (C=O) groups is 2. The Balaban J connectivity index is 1.85. The summed E-state index contributed by atoms with van der Waals surface area (Å²) in [7, 11) is -4.32. The van der Waals surface area contributed by atoms with Gasteiger partial charge in [-0.3, -0.25) is 13.9 Å². The van der Waals surface area contributed by atoms with Crippen LogP contribution in [-0.4, -0.2) is 43.8 Å². The predicted octanol–water partition coefficient (Wildman–Crippen LogP) is 8.05. The molecule has 0 bridgehead atoms. The molecule has 4 aromatic rings. The average molecular weight is 722 g/mol. The average Bonchev–Trinajstić information content (AvgIpc) is 3.03. The third kappa shape index (κ3) is 8.96. The Kier molecular flexibility index (Phi) is 12.4. The Morgan fingerprint density at radius 3 is 1.98 bits per heavy atom. The Morgan fingerprint density at radius 1 is 0.804 bits per heavy atom. The standard InChI is InChI=1S/C34H33Cl4N3O4S/c1-3-23(2)39-34(43)32(18-24-10-6-4-7-11-24)40(21-25-14-15-26(35)19-29(25)37)33(42)22-41(31-17-16-27(36)20-30(31)38)46(44,45)28-12-8-5-9-13-28/h4-17,19-20,23,32H,3,18,21-22H2,1-2H3,(H,39,43)/t23-,32+/m0/s1. The van der Waals surface area contributed by atoms with E-state index in [1.807, 2.05) is 44.2 Å². The van der Waals surface area contributed by atoms with Gasteiger partial charge in [0.25, 0.3) is 10.0 Å². The van der Waals surface area contributed by atoms with Gasteiger partial charge in [-0.2, -0.15) is 0 Å². The first-order valence-electron chi connectivity index (χ1n) is 14.5. The van der Waals surface area contributed by atoms with E-state index in [1.54, 1.807) is 36.4 Å². The fourth-order valence-corrected chi connectivity index (χ4v) is 7.23. The summed E-state index contributed by atoms with van der Waals surface area (Å²) >= 11 is 25.4. The summed E-state index contributed by atoms with van der Waals surface area (Å²) in [6.07, 6.45) is 0.826. The van der Waals surface area contributed by atoms with Crippen molar-refractivity contribution in [3.63, 3.8) is 0 Å². The first kappa shape index (κ1) is 35.6. The van der Waals surface area contributed by atoms with Crippen LogP contribution in [0.15, 0.2) is 102 Å². The van der Waals surface area contributed by atoms with Crippen molar-refractivity contribution < 1.29 is 18.0 Å². The molecule has 242 valence electrons. The lowest BCUT2D eigenvalue weighted by molar-refractivity contribution is -0.140. The molecular formula is C34H33Cl4N3O4S.